The van der Waals surface area contributed by atoms with E-state index in [4.69, 9.17) is 18.6 Å². The smallest absolute Gasteiger partial charge is 0.261 e. The first kappa shape index (κ1) is 29.8. The van der Waals surface area contributed by atoms with Crippen molar-refractivity contribution < 1.29 is 23.7 Å². The number of aliphatic hydroxyl groups is 1. The monoisotopic (exact) mass is 534 g/mol. The first-order valence-corrected chi connectivity index (χ1v) is 15.0. The molecule has 0 unspecified atom stereocenters. The Balaban J connectivity index is 1.73. The Bertz CT molecular complexity index is 1040. The summed E-state index contributed by atoms with van der Waals surface area (Å²) in [6.07, 6.45) is 1.57. The first-order chi connectivity index (χ1) is 18.3. The molecule has 0 spiro atoms. The number of methoxy groups -OCH3 is 1. The Morgan fingerprint density at radius 3 is 1.92 bits per heavy atom. The fraction of sp³-hybridized carbons (Fsp3) is 0.375. The van der Waals surface area contributed by atoms with Gasteiger partial charge in [0.25, 0.3) is 8.32 Å². The fourth-order valence-corrected chi connectivity index (χ4v) is 9.39. The highest BCUT2D eigenvalue weighted by atomic mass is 28.4. The van der Waals surface area contributed by atoms with Crippen LogP contribution in [0.3, 0.4) is 0 Å². The van der Waals surface area contributed by atoms with Gasteiger partial charge in [-0.15, -0.1) is 6.58 Å². The molecule has 0 aliphatic heterocycles. The lowest BCUT2D eigenvalue weighted by molar-refractivity contribution is -0.0888. The van der Waals surface area contributed by atoms with Gasteiger partial charge in [0.05, 0.1) is 26.4 Å². The van der Waals surface area contributed by atoms with Crippen LogP contribution in [-0.2, 0) is 20.5 Å². The fourth-order valence-electron chi connectivity index (χ4n) is 4.77. The number of benzene rings is 3. The Morgan fingerprint density at radius 2 is 1.42 bits per heavy atom. The number of rotatable bonds is 15. The van der Waals surface area contributed by atoms with E-state index in [0.29, 0.717) is 26.2 Å². The molecule has 38 heavy (non-hydrogen) atoms. The number of aliphatic hydroxyl groups excluding tert-OH is 1. The van der Waals surface area contributed by atoms with Crippen molar-refractivity contribution in [2.45, 2.75) is 44.9 Å². The van der Waals surface area contributed by atoms with E-state index < -0.39 is 14.4 Å². The van der Waals surface area contributed by atoms with Crippen LogP contribution < -0.4 is 15.1 Å². The summed E-state index contributed by atoms with van der Waals surface area (Å²) in [6.45, 7) is 11.8. The summed E-state index contributed by atoms with van der Waals surface area (Å²) < 4.78 is 23.9. The maximum atomic E-state index is 11.0. The van der Waals surface area contributed by atoms with Gasteiger partial charge >= 0.3 is 0 Å². The molecule has 0 radical (unpaired) electrons. The Labute approximate surface area is 229 Å². The van der Waals surface area contributed by atoms with Gasteiger partial charge in [-0.3, -0.25) is 0 Å². The largest absolute Gasteiger partial charge is 0.497 e. The van der Waals surface area contributed by atoms with Crippen LogP contribution in [0.2, 0.25) is 5.04 Å². The lowest BCUT2D eigenvalue weighted by Crippen LogP contribution is -2.67. The van der Waals surface area contributed by atoms with Gasteiger partial charge in [0.15, 0.2) is 0 Å². The zero-order chi connectivity index (χ0) is 27.4. The minimum atomic E-state index is -2.72. The van der Waals surface area contributed by atoms with Crippen molar-refractivity contribution >= 4 is 18.7 Å². The molecule has 0 saturated carbocycles. The van der Waals surface area contributed by atoms with Crippen molar-refractivity contribution in [2.24, 2.45) is 5.92 Å². The molecule has 0 aromatic heterocycles. The lowest BCUT2D eigenvalue weighted by atomic mass is 10.0. The van der Waals surface area contributed by atoms with E-state index in [9.17, 15) is 5.11 Å². The molecule has 2 atom stereocenters. The number of ether oxygens (including phenoxy) is 3. The third-order valence-corrected chi connectivity index (χ3v) is 11.8. The Hall–Kier alpha value is -2.74. The van der Waals surface area contributed by atoms with E-state index in [1.54, 1.807) is 13.2 Å². The van der Waals surface area contributed by atoms with Crippen molar-refractivity contribution in [3.8, 4) is 5.75 Å². The normalized spacial score (nSPS) is 13.6. The van der Waals surface area contributed by atoms with Crippen LogP contribution >= 0.6 is 0 Å². The van der Waals surface area contributed by atoms with E-state index in [1.165, 1.54) is 10.4 Å². The molecule has 0 bridgehead atoms. The second-order valence-electron chi connectivity index (χ2n) is 10.5. The molecule has 5 nitrogen and oxygen atoms in total. The van der Waals surface area contributed by atoms with E-state index >= 15 is 0 Å². The van der Waals surface area contributed by atoms with Gasteiger partial charge in [0.1, 0.15) is 12.5 Å². The van der Waals surface area contributed by atoms with Crippen LogP contribution in [0.5, 0.6) is 5.75 Å². The standard InChI is InChI=1S/C32H42O5Si/c1-6-13-31(33)27(23-36-25-35-22-26-18-20-28(34-5)21-19-26)24-37-38(32(2,3)4,29-14-9-7-10-15-29)30-16-11-8-12-17-30/h6-12,14-21,27,31,33H,1,13,22-25H2,2-5H3/t27-,31+/m0/s1. The second kappa shape index (κ2) is 14.4. The van der Waals surface area contributed by atoms with Gasteiger partial charge in [-0.2, -0.15) is 0 Å². The van der Waals surface area contributed by atoms with Crippen molar-refractivity contribution in [2.75, 3.05) is 27.1 Å². The molecular weight excluding hydrogens is 492 g/mol. The van der Waals surface area contributed by atoms with Crippen LogP contribution in [0.1, 0.15) is 32.8 Å². The average Bonchev–Trinajstić information content (AvgIpc) is 2.93. The topological polar surface area (TPSA) is 57.2 Å². The Kier molecular flexibility index (Phi) is 11.3. The van der Waals surface area contributed by atoms with E-state index in [1.807, 2.05) is 36.4 Å². The van der Waals surface area contributed by atoms with Gasteiger partial charge in [-0.1, -0.05) is 99.6 Å². The molecule has 0 fully saturated rings. The number of hydrogen-bond donors (Lipinski definition) is 1. The molecule has 3 aromatic carbocycles. The van der Waals surface area contributed by atoms with Crippen molar-refractivity contribution in [1.82, 2.24) is 0 Å². The van der Waals surface area contributed by atoms with Gasteiger partial charge in [0, 0.05) is 12.5 Å². The summed E-state index contributed by atoms with van der Waals surface area (Å²) in [5.74, 6) is 0.573. The predicted octanol–water partition coefficient (Wildman–Crippen LogP) is 5.32. The zero-order valence-corrected chi connectivity index (χ0v) is 24.1. The van der Waals surface area contributed by atoms with Crippen LogP contribution in [-0.4, -0.2) is 46.6 Å². The van der Waals surface area contributed by atoms with Crippen LogP contribution in [0.25, 0.3) is 0 Å². The third kappa shape index (κ3) is 7.65. The highest BCUT2D eigenvalue weighted by Gasteiger charge is 2.50. The molecule has 3 rings (SSSR count). The maximum absolute atomic E-state index is 11.0. The third-order valence-electron chi connectivity index (χ3n) is 6.81. The highest BCUT2D eigenvalue weighted by molar-refractivity contribution is 6.99. The molecule has 3 aromatic rings. The molecular formula is C32H42O5Si. The predicted molar refractivity (Wildman–Crippen MR) is 156 cm³/mol. The van der Waals surface area contributed by atoms with Crippen molar-refractivity contribution in [3.05, 3.63) is 103 Å². The molecule has 204 valence electrons. The molecule has 0 heterocycles. The SMILES string of the molecule is C=CC[C@@H](O)[C@@H](COCOCc1ccc(OC)cc1)CO[Si](c1ccccc1)(c1ccccc1)C(C)(C)C. The van der Waals surface area contributed by atoms with E-state index in [2.05, 4.69) is 75.9 Å². The summed E-state index contributed by atoms with van der Waals surface area (Å²) in [7, 11) is -1.07. The summed E-state index contributed by atoms with van der Waals surface area (Å²) in [5.41, 5.74) is 1.03. The summed E-state index contributed by atoms with van der Waals surface area (Å²) in [5, 5.41) is 13.2. The quantitative estimate of drug-likeness (QED) is 0.124. The number of hydrogen-bond acceptors (Lipinski definition) is 5. The minimum absolute atomic E-state index is 0.128. The molecule has 0 saturated heterocycles. The van der Waals surface area contributed by atoms with Crippen LogP contribution in [0.15, 0.2) is 97.6 Å². The molecule has 0 amide bonds. The lowest BCUT2D eigenvalue weighted by Gasteiger charge is -2.44. The van der Waals surface area contributed by atoms with Crippen LogP contribution in [0, 0.1) is 5.92 Å². The highest BCUT2D eigenvalue weighted by Crippen LogP contribution is 2.37. The van der Waals surface area contributed by atoms with E-state index in [0.717, 1.165) is 11.3 Å². The molecule has 0 aliphatic carbocycles. The van der Waals surface area contributed by atoms with Crippen molar-refractivity contribution in [3.63, 3.8) is 0 Å². The summed E-state index contributed by atoms with van der Waals surface area (Å²) in [6, 6.07) is 28.8. The van der Waals surface area contributed by atoms with Crippen molar-refractivity contribution in [1.29, 1.82) is 0 Å². The second-order valence-corrected chi connectivity index (χ2v) is 14.8. The van der Waals surface area contributed by atoms with Gasteiger partial charge in [-0.25, -0.2) is 0 Å². The van der Waals surface area contributed by atoms with E-state index in [-0.39, 0.29) is 17.7 Å². The average molecular weight is 535 g/mol. The van der Waals surface area contributed by atoms with Gasteiger partial charge < -0.3 is 23.7 Å². The maximum Gasteiger partial charge on any atom is 0.261 e. The summed E-state index contributed by atoms with van der Waals surface area (Å²) in [4.78, 5) is 0. The van der Waals surface area contributed by atoms with Gasteiger partial charge in [0.2, 0.25) is 0 Å². The molecule has 0 aliphatic rings. The minimum Gasteiger partial charge on any atom is -0.497 e. The van der Waals surface area contributed by atoms with Crippen LogP contribution in [0.4, 0.5) is 0 Å². The Morgan fingerprint density at radius 1 is 0.842 bits per heavy atom. The van der Waals surface area contributed by atoms with Gasteiger partial charge in [-0.05, 0) is 39.5 Å². The molecule has 1 N–H and O–H groups in total. The summed E-state index contributed by atoms with van der Waals surface area (Å²) >= 11 is 0. The first-order valence-electron chi connectivity index (χ1n) is 13.1. The zero-order valence-electron chi connectivity index (χ0n) is 23.1. The molecule has 6 heteroatoms.